The lowest BCUT2D eigenvalue weighted by molar-refractivity contribution is 0.119. The molecule has 0 aliphatic carbocycles. The van der Waals surface area contributed by atoms with Crippen molar-refractivity contribution in [2.24, 2.45) is 4.99 Å². The molecular formula is C23H40N6. The van der Waals surface area contributed by atoms with Crippen LogP contribution >= 0.6 is 0 Å². The molecule has 6 heteroatoms. The summed E-state index contributed by atoms with van der Waals surface area (Å²) in [5, 5.41) is 7.14. The number of benzene rings is 1. The van der Waals surface area contributed by atoms with Crippen molar-refractivity contribution in [2.45, 2.75) is 45.3 Å². The number of guanidine groups is 1. The molecule has 1 aromatic carbocycles. The van der Waals surface area contributed by atoms with Crippen LogP contribution < -0.4 is 10.6 Å². The molecule has 1 atom stereocenters. The zero-order chi connectivity index (χ0) is 20.6. The minimum Gasteiger partial charge on any atom is -0.357 e. The number of likely N-dealkylation sites (tertiary alicyclic amines) is 1. The highest BCUT2D eigenvalue weighted by Gasteiger charge is 2.23. The van der Waals surface area contributed by atoms with Gasteiger partial charge in [-0.3, -0.25) is 14.8 Å². The Bertz CT molecular complexity index is 653. The SMILES string of the molecule is CCNC(=NCC1CN(C)CCN1C)NC1CCN(Cc2cccc(C)c2)CC1. The Morgan fingerprint density at radius 1 is 1.14 bits per heavy atom. The van der Waals surface area contributed by atoms with Crippen molar-refractivity contribution in [3.63, 3.8) is 0 Å². The molecule has 0 amide bonds. The van der Waals surface area contributed by atoms with E-state index in [0.717, 1.165) is 58.3 Å². The van der Waals surface area contributed by atoms with Gasteiger partial charge in [0.15, 0.2) is 5.96 Å². The van der Waals surface area contributed by atoms with Gasteiger partial charge in [-0.1, -0.05) is 29.8 Å². The molecule has 2 aliphatic rings. The second-order valence-electron chi connectivity index (χ2n) is 8.80. The number of hydrogen-bond donors (Lipinski definition) is 2. The lowest BCUT2D eigenvalue weighted by Gasteiger charge is -2.37. The molecule has 2 N–H and O–H groups in total. The molecular weight excluding hydrogens is 360 g/mol. The highest BCUT2D eigenvalue weighted by molar-refractivity contribution is 5.80. The first-order valence-electron chi connectivity index (χ1n) is 11.2. The summed E-state index contributed by atoms with van der Waals surface area (Å²) >= 11 is 0. The van der Waals surface area contributed by atoms with Crippen molar-refractivity contribution in [2.75, 3.05) is 59.9 Å². The maximum atomic E-state index is 4.93. The summed E-state index contributed by atoms with van der Waals surface area (Å²) in [4.78, 5) is 12.3. The number of piperidine rings is 1. The van der Waals surface area contributed by atoms with Crippen molar-refractivity contribution in [1.29, 1.82) is 0 Å². The fourth-order valence-corrected chi connectivity index (χ4v) is 4.31. The maximum Gasteiger partial charge on any atom is 0.191 e. The second kappa shape index (κ2) is 11.0. The van der Waals surface area contributed by atoms with Gasteiger partial charge in [-0.2, -0.15) is 0 Å². The van der Waals surface area contributed by atoms with Gasteiger partial charge in [0.1, 0.15) is 0 Å². The fraction of sp³-hybridized carbons (Fsp3) is 0.696. The lowest BCUT2D eigenvalue weighted by atomic mass is 10.0. The summed E-state index contributed by atoms with van der Waals surface area (Å²) < 4.78 is 0. The Morgan fingerprint density at radius 2 is 1.93 bits per heavy atom. The van der Waals surface area contributed by atoms with Gasteiger partial charge < -0.3 is 15.5 Å². The molecule has 2 aliphatic heterocycles. The van der Waals surface area contributed by atoms with E-state index in [-0.39, 0.29) is 0 Å². The summed E-state index contributed by atoms with van der Waals surface area (Å²) in [6.45, 7) is 12.8. The van der Waals surface area contributed by atoms with Crippen LogP contribution in [0.3, 0.4) is 0 Å². The van der Waals surface area contributed by atoms with E-state index >= 15 is 0 Å². The van der Waals surface area contributed by atoms with E-state index in [2.05, 4.69) is 77.5 Å². The normalized spacial score (nSPS) is 23.3. The standard InChI is InChI=1S/C23H40N6/c1-5-24-23(25-16-22-18-27(3)13-14-28(22)4)26-21-9-11-29(12-10-21)17-20-8-6-7-19(2)15-20/h6-8,15,21-22H,5,9-14,16-18H2,1-4H3,(H2,24,25,26). The Balaban J connectivity index is 1.47. The summed E-state index contributed by atoms with van der Waals surface area (Å²) in [6.07, 6.45) is 2.34. The van der Waals surface area contributed by atoms with E-state index in [1.807, 2.05) is 0 Å². The Kier molecular flexibility index (Phi) is 8.33. The Morgan fingerprint density at radius 3 is 2.66 bits per heavy atom. The summed E-state index contributed by atoms with van der Waals surface area (Å²) in [7, 11) is 4.43. The predicted octanol–water partition coefficient (Wildman–Crippen LogP) is 1.76. The molecule has 0 spiro atoms. The molecule has 29 heavy (non-hydrogen) atoms. The van der Waals surface area contributed by atoms with E-state index < -0.39 is 0 Å². The van der Waals surface area contributed by atoms with Crippen LogP contribution in [-0.2, 0) is 6.54 Å². The number of nitrogens with one attached hydrogen (secondary N) is 2. The van der Waals surface area contributed by atoms with Gasteiger partial charge in [0.05, 0.1) is 6.54 Å². The van der Waals surface area contributed by atoms with Crippen LogP contribution in [0.5, 0.6) is 0 Å². The van der Waals surface area contributed by atoms with Gasteiger partial charge >= 0.3 is 0 Å². The van der Waals surface area contributed by atoms with Crippen molar-refractivity contribution >= 4 is 5.96 Å². The van der Waals surface area contributed by atoms with Crippen molar-refractivity contribution < 1.29 is 0 Å². The zero-order valence-corrected chi connectivity index (χ0v) is 18.8. The van der Waals surface area contributed by atoms with E-state index in [1.54, 1.807) is 0 Å². The Labute approximate surface area is 177 Å². The molecule has 1 unspecified atom stereocenters. The molecule has 2 fully saturated rings. The Hall–Kier alpha value is -1.63. The highest BCUT2D eigenvalue weighted by Crippen LogP contribution is 2.15. The summed E-state index contributed by atoms with van der Waals surface area (Å²) in [5.74, 6) is 0.978. The number of nitrogens with zero attached hydrogens (tertiary/aromatic N) is 4. The molecule has 2 heterocycles. The first kappa shape index (κ1) is 22.1. The molecule has 6 nitrogen and oxygen atoms in total. The van der Waals surface area contributed by atoms with Crippen molar-refractivity contribution in [3.05, 3.63) is 35.4 Å². The largest absolute Gasteiger partial charge is 0.357 e. The third-order valence-corrected chi connectivity index (χ3v) is 6.20. The fourth-order valence-electron chi connectivity index (χ4n) is 4.31. The first-order chi connectivity index (χ1) is 14.0. The number of likely N-dealkylation sites (N-methyl/N-ethyl adjacent to an activating group) is 2. The van der Waals surface area contributed by atoms with Crippen LogP contribution in [-0.4, -0.2) is 92.7 Å². The van der Waals surface area contributed by atoms with E-state index in [1.165, 1.54) is 24.0 Å². The van der Waals surface area contributed by atoms with Gasteiger partial charge in [-0.15, -0.1) is 0 Å². The number of piperazine rings is 1. The van der Waals surface area contributed by atoms with E-state index in [9.17, 15) is 0 Å². The molecule has 1 aromatic rings. The van der Waals surface area contributed by atoms with Gasteiger partial charge in [-0.05, 0) is 46.3 Å². The lowest BCUT2D eigenvalue weighted by Crippen LogP contribution is -2.52. The van der Waals surface area contributed by atoms with Crippen LogP contribution in [0, 0.1) is 6.92 Å². The highest BCUT2D eigenvalue weighted by atomic mass is 15.3. The van der Waals surface area contributed by atoms with E-state index in [4.69, 9.17) is 4.99 Å². The number of rotatable bonds is 6. The molecule has 0 radical (unpaired) electrons. The van der Waals surface area contributed by atoms with E-state index in [0.29, 0.717) is 12.1 Å². The molecule has 0 aromatic heterocycles. The molecule has 3 rings (SSSR count). The third-order valence-electron chi connectivity index (χ3n) is 6.20. The van der Waals surface area contributed by atoms with Crippen LogP contribution in [0.1, 0.15) is 30.9 Å². The van der Waals surface area contributed by atoms with Crippen molar-refractivity contribution in [1.82, 2.24) is 25.3 Å². The van der Waals surface area contributed by atoms with Gasteiger partial charge in [0, 0.05) is 57.9 Å². The topological polar surface area (TPSA) is 46.1 Å². The third kappa shape index (κ3) is 6.98. The average molecular weight is 401 g/mol. The van der Waals surface area contributed by atoms with Gasteiger partial charge in [0.25, 0.3) is 0 Å². The molecule has 0 saturated carbocycles. The first-order valence-corrected chi connectivity index (χ1v) is 11.2. The molecule has 162 valence electrons. The van der Waals surface area contributed by atoms with Crippen molar-refractivity contribution in [3.8, 4) is 0 Å². The molecule has 2 saturated heterocycles. The summed E-state index contributed by atoms with van der Waals surface area (Å²) in [6, 6.07) is 9.89. The molecule has 0 bridgehead atoms. The second-order valence-corrected chi connectivity index (χ2v) is 8.80. The maximum absolute atomic E-state index is 4.93. The number of aryl methyl sites for hydroxylation is 1. The monoisotopic (exact) mass is 400 g/mol. The quantitative estimate of drug-likeness (QED) is 0.563. The van der Waals surface area contributed by atoms with Crippen LogP contribution in [0.15, 0.2) is 29.3 Å². The van der Waals surface area contributed by atoms with Crippen LogP contribution in [0.4, 0.5) is 0 Å². The van der Waals surface area contributed by atoms with Crippen LogP contribution in [0.25, 0.3) is 0 Å². The minimum atomic E-state index is 0.500. The predicted molar refractivity (Wildman–Crippen MR) is 123 cm³/mol. The number of hydrogen-bond acceptors (Lipinski definition) is 4. The smallest absolute Gasteiger partial charge is 0.191 e. The number of aliphatic imine (C=N–C) groups is 1. The average Bonchev–Trinajstić information content (AvgIpc) is 2.70. The van der Waals surface area contributed by atoms with Crippen LogP contribution in [0.2, 0.25) is 0 Å². The van der Waals surface area contributed by atoms with Gasteiger partial charge in [0.2, 0.25) is 0 Å². The zero-order valence-electron chi connectivity index (χ0n) is 18.8. The summed E-state index contributed by atoms with van der Waals surface area (Å²) in [5.41, 5.74) is 2.77. The minimum absolute atomic E-state index is 0.500. The van der Waals surface area contributed by atoms with Gasteiger partial charge in [-0.25, -0.2) is 0 Å².